The molecule has 2 aliphatic heterocycles. The summed E-state index contributed by atoms with van der Waals surface area (Å²) in [7, 11) is 0. The van der Waals surface area contributed by atoms with Crippen LogP contribution in [0, 0.1) is 0 Å². The van der Waals surface area contributed by atoms with Crippen LogP contribution in [0.4, 0.5) is 0 Å². The van der Waals surface area contributed by atoms with E-state index >= 15 is 0 Å². The van der Waals surface area contributed by atoms with Crippen LogP contribution in [0.25, 0.3) is 0 Å². The Bertz CT molecular complexity index is 242. The van der Waals surface area contributed by atoms with Gasteiger partial charge < -0.3 is 20.5 Å². The van der Waals surface area contributed by atoms with Crippen LogP contribution in [0.5, 0.6) is 0 Å². The number of nitrogens with one attached hydrogen (secondary N) is 1. The van der Waals surface area contributed by atoms with Crippen molar-refractivity contribution in [1.82, 2.24) is 5.32 Å². The third-order valence-corrected chi connectivity index (χ3v) is 4.28. The summed E-state index contributed by atoms with van der Waals surface area (Å²) in [4.78, 5) is 0. The van der Waals surface area contributed by atoms with Crippen LogP contribution in [0.3, 0.4) is 0 Å². The summed E-state index contributed by atoms with van der Waals surface area (Å²) in [6, 6.07) is 0. The molecule has 4 nitrogen and oxygen atoms in total. The predicted octanol–water partition coefficient (Wildman–Crippen LogP) is 1.43. The second-order valence-corrected chi connectivity index (χ2v) is 5.74. The zero-order valence-electron chi connectivity index (χ0n) is 11.6. The number of nitrogens with two attached hydrogens (primary N) is 1. The van der Waals surface area contributed by atoms with Crippen LogP contribution < -0.4 is 11.1 Å². The van der Waals surface area contributed by atoms with E-state index in [1.54, 1.807) is 0 Å². The molecule has 2 fully saturated rings. The highest BCUT2D eigenvalue weighted by atomic mass is 16.5. The van der Waals surface area contributed by atoms with Gasteiger partial charge in [0.2, 0.25) is 0 Å². The van der Waals surface area contributed by atoms with Gasteiger partial charge in [0.25, 0.3) is 0 Å². The number of rotatable bonds is 6. The van der Waals surface area contributed by atoms with Crippen molar-refractivity contribution in [3.63, 3.8) is 0 Å². The Morgan fingerprint density at radius 2 is 2.11 bits per heavy atom. The maximum absolute atomic E-state index is 6.02. The molecule has 0 aromatic heterocycles. The lowest BCUT2D eigenvalue weighted by atomic mass is 9.85. The highest BCUT2D eigenvalue weighted by molar-refractivity contribution is 4.95. The van der Waals surface area contributed by atoms with E-state index in [0.717, 1.165) is 39.0 Å². The molecule has 2 aliphatic rings. The smallest absolute Gasteiger partial charge is 0.0700 e. The Balaban J connectivity index is 1.83. The molecular formula is C14H28N2O2. The molecule has 3 atom stereocenters. The summed E-state index contributed by atoms with van der Waals surface area (Å²) < 4.78 is 11.5. The van der Waals surface area contributed by atoms with E-state index in [1.807, 2.05) is 0 Å². The summed E-state index contributed by atoms with van der Waals surface area (Å²) in [5.74, 6) is 0. The molecular weight excluding hydrogens is 228 g/mol. The van der Waals surface area contributed by atoms with Gasteiger partial charge >= 0.3 is 0 Å². The van der Waals surface area contributed by atoms with Crippen molar-refractivity contribution in [1.29, 1.82) is 0 Å². The molecule has 0 aliphatic carbocycles. The number of hydrogen-bond acceptors (Lipinski definition) is 4. The Kier molecular flexibility index (Phi) is 5.42. The minimum absolute atomic E-state index is 0.0734. The van der Waals surface area contributed by atoms with Crippen LogP contribution >= 0.6 is 0 Å². The number of ether oxygens (including phenoxy) is 2. The minimum atomic E-state index is 0.0734. The maximum atomic E-state index is 6.02. The molecule has 106 valence electrons. The van der Waals surface area contributed by atoms with Gasteiger partial charge in [0.15, 0.2) is 0 Å². The molecule has 2 heterocycles. The second-order valence-electron chi connectivity index (χ2n) is 5.74. The van der Waals surface area contributed by atoms with E-state index in [1.165, 1.54) is 19.3 Å². The van der Waals surface area contributed by atoms with Gasteiger partial charge in [-0.15, -0.1) is 0 Å². The first-order valence-electron chi connectivity index (χ1n) is 7.46. The van der Waals surface area contributed by atoms with Crippen LogP contribution in [-0.4, -0.2) is 44.1 Å². The van der Waals surface area contributed by atoms with Crippen LogP contribution in [-0.2, 0) is 9.47 Å². The SMILES string of the molecule is CCCC1CC(CN)(NCC2CCCO2)CCO1. The quantitative estimate of drug-likeness (QED) is 0.755. The van der Waals surface area contributed by atoms with Crippen LogP contribution in [0.1, 0.15) is 45.4 Å². The van der Waals surface area contributed by atoms with Gasteiger partial charge in [0, 0.05) is 31.8 Å². The van der Waals surface area contributed by atoms with Crippen molar-refractivity contribution in [3.05, 3.63) is 0 Å². The van der Waals surface area contributed by atoms with Crippen molar-refractivity contribution < 1.29 is 9.47 Å². The molecule has 2 saturated heterocycles. The molecule has 0 radical (unpaired) electrons. The monoisotopic (exact) mass is 256 g/mol. The fourth-order valence-corrected chi connectivity index (χ4v) is 3.08. The lowest BCUT2D eigenvalue weighted by molar-refractivity contribution is -0.0338. The summed E-state index contributed by atoms with van der Waals surface area (Å²) >= 11 is 0. The number of hydrogen-bond donors (Lipinski definition) is 2. The fourth-order valence-electron chi connectivity index (χ4n) is 3.08. The highest BCUT2D eigenvalue weighted by Gasteiger charge is 2.35. The van der Waals surface area contributed by atoms with E-state index in [9.17, 15) is 0 Å². The third kappa shape index (κ3) is 3.67. The Hall–Kier alpha value is -0.160. The largest absolute Gasteiger partial charge is 0.378 e. The van der Waals surface area contributed by atoms with Crippen molar-refractivity contribution in [2.24, 2.45) is 5.73 Å². The Morgan fingerprint density at radius 1 is 1.28 bits per heavy atom. The summed E-state index contributed by atoms with van der Waals surface area (Å²) in [6.45, 7) is 5.60. The molecule has 18 heavy (non-hydrogen) atoms. The minimum Gasteiger partial charge on any atom is -0.378 e. The lowest BCUT2D eigenvalue weighted by Gasteiger charge is -2.41. The van der Waals surface area contributed by atoms with Crippen molar-refractivity contribution in [2.75, 3.05) is 26.3 Å². The van der Waals surface area contributed by atoms with Gasteiger partial charge in [-0.25, -0.2) is 0 Å². The predicted molar refractivity (Wildman–Crippen MR) is 72.6 cm³/mol. The van der Waals surface area contributed by atoms with E-state index in [4.69, 9.17) is 15.2 Å². The normalized spacial score (nSPS) is 37.0. The van der Waals surface area contributed by atoms with Gasteiger partial charge in [-0.05, 0) is 32.1 Å². The Labute approximate surface area is 111 Å². The Morgan fingerprint density at radius 3 is 2.78 bits per heavy atom. The summed E-state index contributed by atoms with van der Waals surface area (Å²) in [6.07, 6.45) is 7.54. The molecule has 0 aromatic carbocycles. The highest BCUT2D eigenvalue weighted by Crippen LogP contribution is 2.27. The molecule has 0 spiro atoms. The van der Waals surface area contributed by atoms with E-state index < -0.39 is 0 Å². The van der Waals surface area contributed by atoms with E-state index in [-0.39, 0.29) is 5.54 Å². The lowest BCUT2D eigenvalue weighted by Crippen LogP contribution is -2.58. The van der Waals surface area contributed by atoms with Crippen molar-refractivity contribution >= 4 is 0 Å². The molecule has 0 amide bonds. The topological polar surface area (TPSA) is 56.5 Å². The summed E-state index contributed by atoms with van der Waals surface area (Å²) in [5.41, 5.74) is 6.10. The van der Waals surface area contributed by atoms with E-state index in [2.05, 4.69) is 12.2 Å². The van der Waals surface area contributed by atoms with Gasteiger partial charge in [-0.2, -0.15) is 0 Å². The van der Waals surface area contributed by atoms with Gasteiger partial charge in [0.05, 0.1) is 12.2 Å². The van der Waals surface area contributed by atoms with Crippen molar-refractivity contribution in [2.45, 2.75) is 63.2 Å². The fraction of sp³-hybridized carbons (Fsp3) is 1.00. The molecule has 2 rings (SSSR count). The zero-order valence-corrected chi connectivity index (χ0v) is 11.6. The standard InChI is InChI=1S/C14H28N2O2/c1-2-4-12-9-14(11-15,6-8-18-12)16-10-13-5-3-7-17-13/h12-13,16H,2-11,15H2,1H3. The average Bonchev–Trinajstić information content (AvgIpc) is 2.90. The second kappa shape index (κ2) is 6.85. The molecule has 3 unspecified atom stereocenters. The molecule has 0 bridgehead atoms. The zero-order chi connectivity index (χ0) is 12.8. The molecule has 0 aromatic rings. The third-order valence-electron chi connectivity index (χ3n) is 4.28. The van der Waals surface area contributed by atoms with Gasteiger partial charge in [-0.3, -0.25) is 0 Å². The molecule has 3 N–H and O–H groups in total. The maximum Gasteiger partial charge on any atom is 0.0700 e. The van der Waals surface area contributed by atoms with Crippen LogP contribution in [0.2, 0.25) is 0 Å². The van der Waals surface area contributed by atoms with Gasteiger partial charge in [-0.1, -0.05) is 13.3 Å². The first-order chi connectivity index (χ1) is 8.78. The molecule has 4 heteroatoms. The first kappa shape index (κ1) is 14.3. The molecule has 0 saturated carbocycles. The van der Waals surface area contributed by atoms with E-state index in [0.29, 0.717) is 18.8 Å². The summed E-state index contributed by atoms with van der Waals surface area (Å²) in [5, 5.41) is 3.69. The van der Waals surface area contributed by atoms with Crippen LogP contribution in [0.15, 0.2) is 0 Å². The van der Waals surface area contributed by atoms with Crippen molar-refractivity contribution in [3.8, 4) is 0 Å². The average molecular weight is 256 g/mol. The van der Waals surface area contributed by atoms with Gasteiger partial charge in [0.1, 0.15) is 0 Å². The first-order valence-corrected chi connectivity index (χ1v) is 7.46.